The van der Waals surface area contributed by atoms with E-state index < -0.39 is 0 Å². The highest BCUT2D eigenvalue weighted by molar-refractivity contribution is 5.87. The molecule has 2 N–H and O–H groups in total. The highest BCUT2D eigenvalue weighted by atomic mass is 16.7. The van der Waals surface area contributed by atoms with E-state index in [0.29, 0.717) is 6.54 Å². The van der Waals surface area contributed by atoms with Gasteiger partial charge in [-0.15, -0.1) is 0 Å². The highest BCUT2D eigenvalue weighted by Crippen LogP contribution is 2.27. The summed E-state index contributed by atoms with van der Waals surface area (Å²) in [6.07, 6.45) is 0. The Hall–Kier alpha value is -1.58. The summed E-state index contributed by atoms with van der Waals surface area (Å²) >= 11 is 0. The number of hydrogen-bond acceptors (Lipinski definition) is 3. The van der Waals surface area contributed by atoms with Gasteiger partial charge in [-0.2, -0.15) is 0 Å². The van der Waals surface area contributed by atoms with E-state index in [4.69, 9.17) is 15.2 Å². The summed E-state index contributed by atoms with van der Waals surface area (Å²) in [7, 11) is 1.60. The van der Waals surface area contributed by atoms with Crippen molar-refractivity contribution in [1.82, 2.24) is 0 Å². The summed E-state index contributed by atoms with van der Waals surface area (Å²) < 4.78 is 10.4. The van der Waals surface area contributed by atoms with E-state index >= 15 is 0 Å². The highest BCUT2D eigenvalue weighted by Gasteiger charge is 2.06. The van der Waals surface area contributed by atoms with E-state index in [1.165, 1.54) is 5.39 Å². The fraction of sp³-hybridized carbons (Fsp3) is 0.231. The Kier molecular flexibility index (Phi) is 3.39. The van der Waals surface area contributed by atoms with Crippen molar-refractivity contribution >= 4 is 10.8 Å². The Morgan fingerprint density at radius 1 is 1.12 bits per heavy atom. The molecule has 0 radical (unpaired) electrons. The number of fused-ring (bicyclic) bond motifs is 1. The van der Waals surface area contributed by atoms with E-state index in [2.05, 4.69) is 12.1 Å². The van der Waals surface area contributed by atoms with Crippen LogP contribution in [0.3, 0.4) is 0 Å². The molecule has 84 valence electrons. The molecule has 0 unspecified atom stereocenters. The molecular weight excluding hydrogens is 202 g/mol. The first-order valence-electron chi connectivity index (χ1n) is 5.19. The molecule has 0 spiro atoms. The summed E-state index contributed by atoms with van der Waals surface area (Å²) in [5.41, 5.74) is 6.79. The van der Waals surface area contributed by atoms with Crippen molar-refractivity contribution in [3.05, 3.63) is 42.0 Å². The van der Waals surface area contributed by atoms with Gasteiger partial charge in [0.2, 0.25) is 0 Å². The maximum absolute atomic E-state index is 5.77. The molecule has 0 saturated carbocycles. The summed E-state index contributed by atoms with van der Waals surface area (Å²) in [5.74, 6) is 0.794. The van der Waals surface area contributed by atoms with Gasteiger partial charge in [0.15, 0.2) is 6.79 Å². The average molecular weight is 217 g/mol. The Bertz CT molecular complexity index is 482. The Morgan fingerprint density at radius 3 is 2.69 bits per heavy atom. The largest absolute Gasteiger partial charge is 0.467 e. The molecule has 3 nitrogen and oxygen atoms in total. The van der Waals surface area contributed by atoms with E-state index in [-0.39, 0.29) is 6.79 Å². The van der Waals surface area contributed by atoms with Crippen LogP contribution in [0.2, 0.25) is 0 Å². The third kappa shape index (κ3) is 2.01. The molecule has 2 aromatic carbocycles. The maximum Gasteiger partial charge on any atom is 0.188 e. The van der Waals surface area contributed by atoms with Gasteiger partial charge in [0.05, 0.1) is 0 Å². The second kappa shape index (κ2) is 4.96. The molecular formula is C13H15NO2. The summed E-state index contributed by atoms with van der Waals surface area (Å²) in [5, 5.41) is 2.31. The molecule has 0 aliphatic carbocycles. The van der Waals surface area contributed by atoms with Gasteiger partial charge >= 0.3 is 0 Å². The van der Waals surface area contributed by atoms with E-state index in [9.17, 15) is 0 Å². The first-order chi connectivity index (χ1) is 7.86. The van der Waals surface area contributed by atoms with E-state index in [1.54, 1.807) is 7.11 Å². The summed E-state index contributed by atoms with van der Waals surface area (Å²) in [6.45, 7) is 0.700. The number of benzene rings is 2. The minimum atomic E-state index is 0.241. The van der Waals surface area contributed by atoms with Crippen molar-refractivity contribution in [1.29, 1.82) is 0 Å². The molecule has 2 aromatic rings. The van der Waals surface area contributed by atoms with Crippen molar-refractivity contribution in [2.45, 2.75) is 6.54 Å². The molecule has 0 aliphatic rings. The molecule has 0 saturated heterocycles. The number of rotatable bonds is 4. The Morgan fingerprint density at radius 2 is 1.94 bits per heavy atom. The van der Waals surface area contributed by atoms with Crippen molar-refractivity contribution in [3.63, 3.8) is 0 Å². The molecule has 0 fully saturated rings. The van der Waals surface area contributed by atoms with Gasteiger partial charge in [-0.25, -0.2) is 0 Å². The molecule has 0 bridgehead atoms. The van der Waals surface area contributed by atoms with Crippen molar-refractivity contribution in [3.8, 4) is 5.75 Å². The lowest BCUT2D eigenvalue weighted by molar-refractivity contribution is 0.0506. The van der Waals surface area contributed by atoms with Crippen LogP contribution in [0, 0.1) is 0 Å². The second-order valence-corrected chi connectivity index (χ2v) is 3.52. The van der Waals surface area contributed by atoms with Gasteiger partial charge in [0, 0.05) is 19.2 Å². The number of hydrogen-bond donors (Lipinski definition) is 1. The molecule has 0 atom stereocenters. The first-order valence-corrected chi connectivity index (χ1v) is 5.19. The summed E-state index contributed by atoms with van der Waals surface area (Å²) in [6, 6.07) is 12.1. The molecule has 0 amide bonds. The van der Waals surface area contributed by atoms with Crippen LogP contribution in [0.4, 0.5) is 0 Å². The number of nitrogens with two attached hydrogens (primary N) is 1. The quantitative estimate of drug-likeness (QED) is 0.799. The summed E-state index contributed by atoms with van der Waals surface area (Å²) in [4.78, 5) is 0. The van der Waals surface area contributed by atoms with Gasteiger partial charge in [-0.1, -0.05) is 30.3 Å². The smallest absolute Gasteiger partial charge is 0.188 e. The van der Waals surface area contributed by atoms with Crippen LogP contribution in [0.15, 0.2) is 36.4 Å². The Labute approximate surface area is 94.8 Å². The zero-order chi connectivity index (χ0) is 11.4. The predicted octanol–water partition coefficient (Wildman–Crippen LogP) is 2.28. The van der Waals surface area contributed by atoms with Gasteiger partial charge in [0.25, 0.3) is 0 Å². The first kappa shape index (κ1) is 10.9. The minimum Gasteiger partial charge on any atom is -0.467 e. The normalized spacial score (nSPS) is 10.6. The molecule has 0 heterocycles. The molecule has 0 aliphatic heterocycles. The van der Waals surface area contributed by atoms with Crippen LogP contribution in [0.25, 0.3) is 10.8 Å². The standard InChI is InChI=1S/C13H15NO2/c1-15-9-16-13-7-6-10-4-2-3-5-11(10)12(13)8-14/h2-7H,8-9,14H2,1H3. The molecule has 0 aromatic heterocycles. The lowest BCUT2D eigenvalue weighted by atomic mass is 10.0. The zero-order valence-electron chi connectivity index (χ0n) is 9.27. The number of methoxy groups -OCH3 is 1. The van der Waals surface area contributed by atoms with Crippen LogP contribution in [-0.2, 0) is 11.3 Å². The predicted molar refractivity (Wildman–Crippen MR) is 64.3 cm³/mol. The third-order valence-electron chi connectivity index (χ3n) is 2.53. The van der Waals surface area contributed by atoms with Gasteiger partial charge in [-0.05, 0) is 16.8 Å². The lowest BCUT2D eigenvalue weighted by Gasteiger charge is -2.12. The number of ether oxygens (including phenoxy) is 2. The molecule has 16 heavy (non-hydrogen) atoms. The fourth-order valence-electron chi connectivity index (χ4n) is 1.78. The monoisotopic (exact) mass is 217 g/mol. The molecule has 3 heteroatoms. The van der Waals surface area contributed by atoms with Crippen molar-refractivity contribution < 1.29 is 9.47 Å². The van der Waals surface area contributed by atoms with Crippen LogP contribution in [0.1, 0.15) is 5.56 Å². The van der Waals surface area contributed by atoms with Gasteiger partial charge in [0.1, 0.15) is 5.75 Å². The average Bonchev–Trinajstić information content (AvgIpc) is 2.35. The van der Waals surface area contributed by atoms with Gasteiger partial charge < -0.3 is 15.2 Å². The van der Waals surface area contributed by atoms with Gasteiger partial charge in [-0.3, -0.25) is 0 Å². The van der Waals surface area contributed by atoms with E-state index in [0.717, 1.165) is 16.7 Å². The van der Waals surface area contributed by atoms with Crippen molar-refractivity contribution in [2.75, 3.05) is 13.9 Å². The topological polar surface area (TPSA) is 44.5 Å². The molecule has 2 rings (SSSR count). The lowest BCUT2D eigenvalue weighted by Crippen LogP contribution is -2.05. The Balaban J connectivity index is 2.50. The second-order valence-electron chi connectivity index (χ2n) is 3.52. The minimum absolute atomic E-state index is 0.241. The van der Waals surface area contributed by atoms with Crippen LogP contribution in [0.5, 0.6) is 5.75 Å². The van der Waals surface area contributed by atoms with E-state index in [1.807, 2.05) is 24.3 Å². The third-order valence-corrected chi connectivity index (χ3v) is 2.53. The SMILES string of the molecule is COCOc1ccc2ccccc2c1CN. The van der Waals surface area contributed by atoms with Crippen LogP contribution in [-0.4, -0.2) is 13.9 Å². The van der Waals surface area contributed by atoms with Crippen LogP contribution < -0.4 is 10.5 Å². The van der Waals surface area contributed by atoms with Crippen molar-refractivity contribution in [2.24, 2.45) is 5.73 Å². The maximum atomic E-state index is 5.77. The van der Waals surface area contributed by atoms with Crippen LogP contribution >= 0.6 is 0 Å². The zero-order valence-corrected chi connectivity index (χ0v) is 9.27. The fourth-order valence-corrected chi connectivity index (χ4v) is 1.78.